The lowest BCUT2D eigenvalue weighted by molar-refractivity contribution is -0.129. The summed E-state index contributed by atoms with van der Waals surface area (Å²) in [6, 6.07) is 4.88. The summed E-state index contributed by atoms with van der Waals surface area (Å²) in [6.07, 6.45) is -0.820. The van der Waals surface area contributed by atoms with E-state index in [2.05, 4.69) is 5.32 Å². The Balaban J connectivity index is 2.60. The Morgan fingerprint density at radius 1 is 1.30 bits per heavy atom. The smallest absolute Gasteiger partial charge is 0.338 e. The normalized spacial score (nSPS) is 12.1. The Labute approximate surface area is 119 Å². The van der Waals surface area contributed by atoms with Crippen LogP contribution in [0.3, 0.4) is 0 Å². The van der Waals surface area contributed by atoms with Gasteiger partial charge in [0.2, 0.25) is 0 Å². The number of carbonyl (C=O) groups is 2. The van der Waals surface area contributed by atoms with Crippen molar-refractivity contribution in [3.05, 3.63) is 29.3 Å². The van der Waals surface area contributed by atoms with Crippen molar-refractivity contribution in [1.82, 2.24) is 5.32 Å². The molecule has 0 saturated carbocycles. The highest BCUT2D eigenvalue weighted by atomic mass is 16.5. The number of benzene rings is 1. The Morgan fingerprint density at radius 2 is 1.95 bits per heavy atom. The number of hydrogen-bond acceptors (Lipinski definition) is 4. The number of amides is 1. The molecule has 1 unspecified atom stereocenters. The maximum absolute atomic E-state index is 11.9. The van der Waals surface area contributed by atoms with Crippen molar-refractivity contribution in [2.75, 3.05) is 12.3 Å². The van der Waals surface area contributed by atoms with E-state index in [0.29, 0.717) is 23.7 Å². The Morgan fingerprint density at radius 3 is 2.50 bits per heavy atom. The predicted octanol–water partition coefficient (Wildman–Crippen LogP) is 1.89. The van der Waals surface area contributed by atoms with E-state index in [9.17, 15) is 9.59 Å². The molecule has 0 bridgehead atoms. The van der Waals surface area contributed by atoms with Crippen LogP contribution >= 0.6 is 0 Å². The fourth-order valence-electron chi connectivity index (χ4n) is 1.53. The monoisotopic (exact) mass is 278 g/mol. The molecule has 1 rings (SSSR count). The molecule has 20 heavy (non-hydrogen) atoms. The van der Waals surface area contributed by atoms with Gasteiger partial charge >= 0.3 is 5.97 Å². The van der Waals surface area contributed by atoms with Crippen molar-refractivity contribution in [2.45, 2.75) is 33.8 Å². The number of nitrogens with two attached hydrogens (primary N) is 1. The maximum atomic E-state index is 11.9. The first-order valence-corrected chi connectivity index (χ1v) is 6.66. The van der Waals surface area contributed by atoms with Crippen LogP contribution < -0.4 is 11.1 Å². The standard InChI is InChI=1S/C15H22N2O3/c1-9(2)8-17-14(18)11(4)20-15(19)12-5-6-13(16)10(3)7-12/h5-7,9,11H,8,16H2,1-4H3,(H,17,18). The summed E-state index contributed by atoms with van der Waals surface area (Å²) >= 11 is 0. The Kier molecular flexibility index (Phi) is 5.55. The topological polar surface area (TPSA) is 81.4 Å². The van der Waals surface area contributed by atoms with Crippen molar-refractivity contribution in [1.29, 1.82) is 0 Å². The van der Waals surface area contributed by atoms with Crippen molar-refractivity contribution in [3.8, 4) is 0 Å². The third-order valence-electron chi connectivity index (χ3n) is 2.84. The summed E-state index contributed by atoms with van der Waals surface area (Å²) < 4.78 is 5.13. The average molecular weight is 278 g/mol. The molecule has 1 aromatic carbocycles. The van der Waals surface area contributed by atoms with Crippen LogP contribution in [0.15, 0.2) is 18.2 Å². The van der Waals surface area contributed by atoms with Crippen molar-refractivity contribution in [2.24, 2.45) is 5.92 Å². The first-order valence-electron chi connectivity index (χ1n) is 6.66. The third-order valence-corrected chi connectivity index (χ3v) is 2.84. The second-order valence-corrected chi connectivity index (χ2v) is 5.26. The molecule has 0 spiro atoms. The van der Waals surface area contributed by atoms with Crippen molar-refractivity contribution in [3.63, 3.8) is 0 Å². The van der Waals surface area contributed by atoms with E-state index in [1.807, 2.05) is 20.8 Å². The van der Waals surface area contributed by atoms with Gasteiger partial charge in [-0.25, -0.2) is 4.79 Å². The number of esters is 1. The Hall–Kier alpha value is -2.04. The Bertz CT molecular complexity index is 498. The van der Waals surface area contributed by atoms with Gasteiger partial charge in [-0.1, -0.05) is 13.8 Å². The molecular formula is C15H22N2O3. The third kappa shape index (κ3) is 4.57. The molecule has 0 aliphatic heterocycles. The summed E-state index contributed by atoms with van der Waals surface area (Å²) in [5.74, 6) is -0.471. The summed E-state index contributed by atoms with van der Waals surface area (Å²) in [4.78, 5) is 23.6. The molecule has 110 valence electrons. The first kappa shape index (κ1) is 16.0. The van der Waals surface area contributed by atoms with Crippen LogP contribution in [0.4, 0.5) is 5.69 Å². The van der Waals surface area contributed by atoms with Crippen LogP contribution in [0, 0.1) is 12.8 Å². The van der Waals surface area contributed by atoms with Crippen LogP contribution in [0.5, 0.6) is 0 Å². The van der Waals surface area contributed by atoms with Crippen LogP contribution in [-0.2, 0) is 9.53 Å². The highest BCUT2D eigenvalue weighted by Gasteiger charge is 2.19. The van der Waals surface area contributed by atoms with Gasteiger partial charge in [0, 0.05) is 12.2 Å². The van der Waals surface area contributed by atoms with Gasteiger partial charge in [-0.2, -0.15) is 0 Å². The van der Waals surface area contributed by atoms with Crippen LogP contribution in [0.25, 0.3) is 0 Å². The average Bonchev–Trinajstić information content (AvgIpc) is 2.38. The number of ether oxygens (including phenoxy) is 1. The molecule has 3 N–H and O–H groups in total. The summed E-state index contributed by atoms with van der Waals surface area (Å²) in [5.41, 5.74) is 7.50. The number of nitrogens with one attached hydrogen (secondary N) is 1. The van der Waals surface area contributed by atoms with E-state index < -0.39 is 12.1 Å². The molecule has 1 aromatic rings. The molecule has 1 amide bonds. The van der Waals surface area contributed by atoms with Crippen LogP contribution in [-0.4, -0.2) is 24.5 Å². The van der Waals surface area contributed by atoms with Crippen LogP contribution in [0.1, 0.15) is 36.7 Å². The minimum Gasteiger partial charge on any atom is -0.449 e. The summed E-state index contributed by atoms with van der Waals surface area (Å²) in [5, 5.41) is 2.72. The predicted molar refractivity (Wildman–Crippen MR) is 78.3 cm³/mol. The molecule has 0 heterocycles. The number of hydrogen-bond donors (Lipinski definition) is 2. The SMILES string of the molecule is Cc1cc(C(=O)OC(C)C(=O)NCC(C)C)ccc1N. The maximum Gasteiger partial charge on any atom is 0.338 e. The zero-order valence-electron chi connectivity index (χ0n) is 12.4. The fourth-order valence-corrected chi connectivity index (χ4v) is 1.53. The first-order chi connectivity index (χ1) is 9.31. The highest BCUT2D eigenvalue weighted by molar-refractivity contribution is 5.92. The number of nitrogen functional groups attached to an aromatic ring is 1. The van der Waals surface area contributed by atoms with E-state index in [-0.39, 0.29) is 5.91 Å². The number of carbonyl (C=O) groups excluding carboxylic acids is 2. The van der Waals surface area contributed by atoms with Gasteiger partial charge in [0.15, 0.2) is 6.10 Å². The number of rotatable bonds is 5. The number of anilines is 1. The van der Waals surface area contributed by atoms with Crippen LogP contribution in [0.2, 0.25) is 0 Å². The molecule has 0 aromatic heterocycles. The molecule has 0 saturated heterocycles. The largest absolute Gasteiger partial charge is 0.449 e. The quantitative estimate of drug-likeness (QED) is 0.636. The van der Waals surface area contributed by atoms with E-state index >= 15 is 0 Å². The van der Waals surface area contributed by atoms with E-state index in [1.54, 1.807) is 25.1 Å². The van der Waals surface area contributed by atoms with E-state index in [0.717, 1.165) is 5.56 Å². The van der Waals surface area contributed by atoms with Crippen molar-refractivity contribution >= 4 is 17.6 Å². The molecule has 0 fully saturated rings. The molecule has 5 nitrogen and oxygen atoms in total. The molecule has 0 radical (unpaired) electrons. The van der Waals surface area contributed by atoms with Gasteiger partial charge in [-0.05, 0) is 43.5 Å². The lowest BCUT2D eigenvalue weighted by atomic mass is 10.1. The lowest BCUT2D eigenvalue weighted by Gasteiger charge is -2.15. The van der Waals surface area contributed by atoms with Crippen molar-refractivity contribution < 1.29 is 14.3 Å². The van der Waals surface area contributed by atoms with Gasteiger partial charge in [0.1, 0.15) is 0 Å². The van der Waals surface area contributed by atoms with E-state index in [4.69, 9.17) is 10.5 Å². The van der Waals surface area contributed by atoms with Gasteiger partial charge < -0.3 is 15.8 Å². The fraction of sp³-hybridized carbons (Fsp3) is 0.467. The molecule has 0 aliphatic carbocycles. The zero-order chi connectivity index (χ0) is 15.3. The minimum absolute atomic E-state index is 0.292. The second kappa shape index (κ2) is 6.93. The van der Waals surface area contributed by atoms with Gasteiger partial charge in [-0.15, -0.1) is 0 Å². The molecule has 0 aliphatic rings. The summed E-state index contributed by atoms with van der Waals surface area (Å²) in [7, 11) is 0. The second-order valence-electron chi connectivity index (χ2n) is 5.26. The zero-order valence-corrected chi connectivity index (χ0v) is 12.4. The van der Waals surface area contributed by atoms with Gasteiger partial charge in [0.05, 0.1) is 5.56 Å². The lowest BCUT2D eigenvalue weighted by Crippen LogP contribution is -2.37. The highest BCUT2D eigenvalue weighted by Crippen LogP contribution is 2.14. The van der Waals surface area contributed by atoms with Gasteiger partial charge in [0.25, 0.3) is 5.91 Å². The minimum atomic E-state index is -0.820. The summed E-state index contributed by atoms with van der Waals surface area (Å²) in [6.45, 7) is 7.91. The number of aryl methyl sites for hydroxylation is 1. The molecular weight excluding hydrogens is 256 g/mol. The van der Waals surface area contributed by atoms with E-state index in [1.165, 1.54) is 0 Å². The van der Waals surface area contributed by atoms with Gasteiger partial charge in [-0.3, -0.25) is 4.79 Å². The molecule has 5 heteroatoms. The molecule has 1 atom stereocenters.